The van der Waals surface area contributed by atoms with Gasteiger partial charge in [-0.2, -0.15) is 0 Å². The monoisotopic (exact) mass is 418 g/mol. The Labute approximate surface area is 178 Å². The molecule has 0 saturated carbocycles. The maximum atomic E-state index is 10.5. The molecule has 1 N–H and O–H groups in total. The number of likely N-dealkylation sites (tertiary alicyclic amines) is 1. The fourth-order valence-corrected chi connectivity index (χ4v) is 3.90. The third-order valence-electron chi connectivity index (χ3n) is 5.14. The molecule has 3 rings (SSSR count). The second-order valence-corrected chi connectivity index (χ2v) is 8.24. The maximum Gasteiger partial charge on any atom is 0.124 e. The van der Waals surface area contributed by atoms with Crippen LogP contribution in [0.2, 0.25) is 5.02 Å². The number of aliphatic hydroxyl groups excluding tert-OH is 1. The van der Waals surface area contributed by atoms with Crippen molar-refractivity contribution < 1.29 is 9.84 Å². The molecule has 1 atom stereocenters. The minimum absolute atomic E-state index is 0.279. The number of rotatable bonds is 9. The first-order chi connectivity index (χ1) is 14.1. The summed E-state index contributed by atoms with van der Waals surface area (Å²) in [7, 11) is 2.03. The lowest BCUT2D eigenvalue weighted by molar-refractivity contribution is 0.0687. The van der Waals surface area contributed by atoms with Crippen molar-refractivity contribution in [3.8, 4) is 5.75 Å². The number of hydrogen-bond donors (Lipinski definition) is 1. The molecule has 1 fully saturated rings. The predicted octanol–water partition coefficient (Wildman–Crippen LogP) is 3.38. The van der Waals surface area contributed by atoms with Crippen molar-refractivity contribution in [1.29, 1.82) is 0 Å². The van der Waals surface area contributed by atoms with Crippen LogP contribution in [0, 0.1) is 0 Å². The van der Waals surface area contributed by atoms with E-state index in [-0.39, 0.29) is 6.61 Å². The molecule has 158 valence electrons. The zero-order valence-corrected chi connectivity index (χ0v) is 17.9. The summed E-state index contributed by atoms with van der Waals surface area (Å²) >= 11 is 6.22. The number of ether oxygens (including phenoxy) is 1. The number of halogens is 1. The number of aliphatic hydroxyl groups is 1. The maximum absolute atomic E-state index is 10.5. The summed E-state index contributed by atoms with van der Waals surface area (Å²) in [6.45, 7) is 4.44. The van der Waals surface area contributed by atoms with E-state index in [0.717, 1.165) is 30.1 Å². The van der Waals surface area contributed by atoms with Crippen molar-refractivity contribution in [1.82, 2.24) is 19.8 Å². The van der Waals surface area contributed by atoms with Crippen LogP contribution in [0.1, 0.15) is 36.9 Å². The standard InChI is InChI=1S/C22H31ClN4O2/c1-26(14-20-8-9-24-17-25-20)13-18-12-19(23)6-7-22(18)29-16-21(28)15-27-10-4-2-3-5-11-27/h6-9,12,17,21,28H,2-5,10-11,13-16H2,1H3/t21-/m1/s1. The Morgan fingerprint density at radius 1 is 1.17 bits per heavy atom. The number of nitrogens with zero attached hydrogens (tertiary/aromatic N) is 4. The Bertz CT molecular complexity index is 739. The van der Waals surface area contributed by atoms with Gasteiger partial charge in [0, 0.05) is 36.4 Å². The Hall–Kier alpha value is -1.73. The summed E-state index contributed by atoms with van der Waals surface area (Å²) < 4.78 is 5.99. The topological polar surface area (TPSA) is 61.7 Å². The third-order valence-corrected chi connectivity index (χ3v) is 5.37. The fraction of sp³-hybridized carbons (Fsp3) is 0.545. The summed E-state index contributed by atoms with van der Waals surface area (Å²) in [6.07, 6.45) is 7.81. The first kappa shape index (κ1) is 22.0. The lowest BCUT2D eigenvalue weighted by Crippen LogP contribution is -2.36. The Morgan fingerprint density at radius 3 is 2.69 bits per heavy atom. The van der Waals surface area contributed by atoms with E-state index in [2.05, 4.69) is 19.8 Å². The molecule has 0 spiro atoms. The van der Waals surface area contributed by atoms with Gasteiger partial charge in [0.2, 0.25) is 0 Å². The molecular formula is C22H31ClN4O2. The van der Waals surface area contributed by atoms with Crippen LogP contribution in [0.5, 0.6) is 5.75 Å². The summed E-state index contributed by atoms with van der Waals surface area (Å²) in [5, 5.41) is 11.1. The van der Waals surface area contributed by atoms with Crippen molar-refractivity contribution in [2.75, 3.05) is 33.3 Å². The van der Waals surface area contributed by atoms with Gasteiger partial charge in [-0.1, -0.05) is 24.4 Å². The molecule has 1 aromatic carbocycles. The van der Waals surface area contributed by atoms with Gasteiger partial charge in [-0.3, -0.25) is 4.90 Å². The quantitative estimate of drug-likeness (QED) is 0.673. The van der Waals surface area contributed by atoms with Crippen molar-refractivity contribution in [3.05, 3.63) is 53.1 Å². The number of benzene rings is 1. The van der Waals surface area contributed by atoms with E-state index < -0.39 is 6.10 Å². The normalized spacial score (nSPS) is 16.6. The van der Waals surface area contributed by atoms with E-state index >= 15 is 0 Å². The van der Waals surface area contributed by atoms with Gasteiger partial charge in [-0.25, -0.2) is 9.97 Å². The average molecular weight is 419 g/mol. The molecule has 2 aromatic rings. The largest absolute Gasteiger partial charge is 0.491 e. The molecular weight excluding hydrogens is 388 g/mol. The van der Waals surface area contributed by atoms with Gasteiger partial charge in [0.05, 0.1) is 5.69 Å². The van der Waals surface area contributed by atoms with Crippen LogP contribution in [-0.4, -0.2) is 64.3 Å². The Balaban J connectivity index is 1.54. The van der Waals surface area contributed by atoms with Gasteiger partial charge >= 0.3 is 0 Å². The first-order valence-corrected chi connectivity index (χ1v) is 10.7. The lowest BCUT2D eigenvalue weighted by Gasteiger charge is -2.24. The third kappa shape index (κ3) is 7.55. The van der Waals surface area contributed by atoms with Gasteiger partial charge in [0.25, 0.3) is 0 Å². The SMILES string of the molecule is CN(Cc1ccncn1)Cc1cc(Cl)ccc1OC[C@H](O)CN1CCCCCC1. The molecule has 1 aliphatic heterocycles. The molecule has 29 heavy (non-hydrogen) atoms. The van der Waals surface area contributed by atoms with Gasteiger partial charge in [0.1, 0.15) is 24.8 Å². The van der Waals surface area contributed by atoms with Crippen LogP contribution in [0.25, 0.3) is 0 Å². The van der Waals surface area contributed by atoms with Crippen molar-refractivity contribution in [3.63, 3.8) is 0 Å². The molecule has 0 aliphatic carbocycles. The van der Waals surface area contributed by atoms with E-state index in [0.29, 0.717) is 24.7 Å². The molecule has 1 aromatic heterocycles. The molecule has 7 heteroatoms. The van der Waals surface area contributed by atoms with Gasteiger partial charge in [-0.05, 0) is 57.2 Å². The highest BCUT2D eigenvalue weighted by Gasteiger charge is 2.16. The highest BCUT2D eigenvalue weighted by atomic mass is 35.5. The summed E-state index contributed by atoms with van der Waals surface area (Å²) in [5.41, 5.74) is 1.95. The highest BCUT2D eigenvalue weighted by molar-refractivity contribution is 6.30. The van der Waals surface area contributed by atoms with Gasteiger partial charge in [0.15, 0.2) is 0 Å². The summed E-state index contributed by atoms with van der Waals surface area (Å²) in [5.74, 6) is 0.763. The van der Waals surface area contributed by atoms with Crippen LogP contribution in [0.4, 0.5) is 0 Å². The van der Waals surface area contributed by atoms with Crippen molar-refractivity contribution in [2.45, 2.75) is 44.9 Å². The molecule has 0 bridgehead atoms. The van der Waals surface area contributed by atoms with E-state index in [9.17, 15) is 5.11 Å². The first-order valence-electron chi connectivity index (χ1n) is 10.4. The van der Waals surface area contributed by atoms with Crippen LogP contribution in [-0.2, 0) is 13.1 Å². The molecule has 1 aliphatic rings. The number of hydrogen-bond acceptors (Lipinski definition) is 6. The zero-order valence-electron chi connectivity index (χ0n) is 17.1. The average Bonchev–Trinajstić information content (AvgIpc) is 2.97. The van der Waals surface area contributed by atoms with Crippen LogP contribution in [0.15, 0.2) is 36.8 Å². The van der Waals surface area contributed by atoms with E-state index in [1.807, 2.05) is 31.3 Å². The summed E-state index contributed by atoms with van der Waals surface area (Å²) in [6, 6.07) is 7.54. The molecule has 2 heterocycles. The van der Waals surface area contributed by atoms with E-state index in [4.69, 9.17) is 16.3 Å². The number of β-amino-alcohol motifs (C(OH)–C–C–N with tert-alkyl or cyclic N) is 1. The molecule has 1 saturated heterocycles. The van der Waals surface area contributed by atoms with E-state index in [1.54, 1.807) is 12.5 Å². The fourth-order valence-electron chi connectivity index (χ4n) is 3.70. The van der Waals surface area contributed by atoms with Crippen LogP contribution >= 0.6 is 11.6 Å². The van der Waals surface area contributed by atoms with E-state index in [1.165, 1.54) is 25.7 Å². The molecule has 0 amide bonds. The zero-order chi connectivity index (χ0) is 20.5. The minimum atomic E-state index is -0.504. The number of aromatic nitrogens is 2. The van der Waals surface area contributed by atoms with Gasteiger partial charge in [-0.15, -0.1) is 0 Å². The van der Waals surface area contributed by atoms with Crippen molar-refractivity contribution in [2.24, 2.45) is 0 Å². The second-order valence-electron chi connectivity index (χ2n) is 7.80. The smallest absolute Gasteiger partial charge is 0.124 e. The minimum Gasteiger partial charge on any atom is -0.491 e. The Kier molecular flexibility index (Phi) is 8.68. The molecule has 0 unspecified atom stereocenters. The second kappa shape index (κ2) is 11.5. The lowest BCUT2D eigenvalue weighted by atomic mass is 10.2. The molecule has 0 radical (unpaired) electrons. The molecule has 6 nitrogen and oxygen atoms in total. The van der Waals surface area contributed by atoms with Crippen LogP contribution in [0.3, 0.4) is 0 Å². The Morgan fingerprint density at radius 2 is 1.97 bits per heavy atom. The predicted molar refractivity (Wildman–Crippen MR) is 115 cm³/mol. The van der Waals surface area contributed by atoms with Crippen molar-refractivity contribution >= 4 is 11.6 Å². The van der Waals surface area contributed by atoms with Gasteiger partial charge < -0.3 is 14.7 Å². The summed E-state index contributed by atoms with van der Waals surface area (Å²) in [4.78, 5) is 12.7. The van der Waals surface area contributed by atoms with Crippen LogP contribution < -0.4 is 4.74 Å². The highest BCUT2D eigenvalue weighted by Crippen LogP contribution is 2.25.